The third-order valence-corrected chi connectivity index (χ3v) is 4.86. The van der Waals surface area contributed by atoms with E-state index in [0.717, 1.165) is 12.1 Å². The maximum Gasteiger partial charge on any atom is 0.416 e. The predicted molar refractivity (Wildman–Crippen MR) is 83.9 cm³/mol. The number of hydrogen-bond donors (Lipinski definition) is 1. The number of nitrogens with two attached hydrogens (primary N) is 1. The topological polar surface area (TPSA) is 60.2 Å². The van der Waals surface area contributed by atoms with E-state index in [1.165, 1.54) is 0 Å². The van der Waals surface area contributed by atoms with Crippen LogP contribution < -0.4 is 5.73 Å². The van der Waals surface area contributed by atoms with Crippen LogP contribution in [-0.4, -0.2) is 11.7 Å². The van der Waals surface area contributed by atoms with Crippen LogP contribution in [0.4, 0.5) is 17.6 Å². The summed E-state index contributed by atoms with van der Waals surface area (Å²) < 4.78 is 52.3. The molecule has 0 aromatic heterocycles. The zero-order valence-corrected chi connectivity index (χ0v) is 14.1. The number of halogens is 4. The summed E-state index contributed by atoms with van der Waals surface area (Å²) in [4.78, 5) is 24.4. The Labute approximate surface area is 143 Å². The van der Waals surface area contributed by atoms with Crippen molar-refractivity contribution < 1.29 is 27.2 Å². The first-order valence-electron chi connectivity index (χ1n) is 8.15. The quantitative estimate of drug-likeness (QED) is 0.811. The summed E-state index contributed by atoms with van der Waals surface area (Å²) >= 11 is 0. The number of carbonyl (C=O) groups is 2. The van der Waals surface area contributed by atoms with Crippen LogP contribution in [0, 0.1) is 23.1 Å². The summed E-state index contributed by atoms with van der Waals surface area (Å²) in [5.41, 5.74) is 3.42. The second kappa shape index (κ2) is 6.77. The van der Waals surface area contributed by atoms with Crippen molar-refractivity contribution in [1.82, 2.24) is 0 Å². The van der Waals surface area contributed by atoms with Gasteiger partial charge in [0.15, 0.2) is 0 Å². The smallest absolute Gasteiger partial charge is 0.369 e. The normalized spacial score (nSPS) is 24.1. The summed E-state index contributed by atoms with van der Waals surface area (Å²) in [6.07, 6.45) is -4.00. The Morgan fingerprint density at radius 1 is 1.32 bits per heavy atom. The van der Waals surface area contributed by atoms with Crippen molar-refractivity contribution in [2.75, 3.05) is 0 Å². The van der Waals surface area contributed by atoms with E-state index in [4.69, 9.17) is 5.73 Å². The predicted octanol–water partition coefficient (Wildman–Crippen LogP) is 3.88. The zero-order chi connectivity index (χ0) is 19.0. The fraction of sp³-hybridized carbons (Fsp3) is 0.556. The third-order valence-electron chi connectivity index (χ3n) is 4.86. The van der Waals surface area contributed by atoms with Crippen molar-refractivity contribution in [3.05, 3.63) is 35.1 Å². The number of rotatable bonds is 5. The highest BCUT2D eigenvalue weighted by Crippen LogP contribution is 2.47. The van der Waals surface area contributed by atoms with Gasteiger partial charge in [0.25, 0.3) is 0 Å². The Morgan fingerprint density at radius 2 is 1.96 bits per heavy atom. The number of Topliss-reactive ketones (excluding diaryl/α,β-unsaturated/α-hetero) is 1. The van der Waals surface area contributed by atoms with Crippen LogP contribution in [0.25, 0.3) is 0 Å². The molecule has 0 heterocycles. The molecule has 1 aromatic rings. The van der Waals surface area contributed by atoms with Crippen molar-refractivity contribution >= 4 is 11.7 Å². The molecular formula is C18H21F4NO2. The first kappa shape index (κ1) is 19.4. The minimum absolute atomic E-state index is 0.0435. The largest absolute Gasteiger partial charge is 0.416 e. The number of benzene rings is 1. The zero-order valence-electron chi connectivity index (χ0n) is 14.1. The minimum atomic E-state index is -4.69. The van der Waals surface area contributed by atoms with E-state index in [1.54, 1.807) is 0 Å². The Balaban J connectivity index is 2.41. The first-order chi connectivity index (χ1) is 11.5. The lowest BCUT2D eigenvalue weighted by molar-refractivity contribution is -0.138. The van der Waals surface area contributed by atoms with Crippen molar-refractivity contribution in [2.24, 2.45) is 23.0 Å². The Bertz CT molecular complexity index is 684. The monoisotopic (exact) mass is 359 g/mol. The molecule has 25 heavy (non-hydrogen) atoms. The van der Waals surface area contributed by atoms with Gasteiger partial charge in [-0.3, -0.25) is 9.59 Å². The number of ketones is 1. The lowest BCUT2D eigenvalue weighted by atomic mass is 9.69. The molecule has 0 radical (unpaired) electrons. The van der Waals surface area contributed by atoms with Gasteiger partial charge in [-0.2, -0.15) is 13.2 Å². The van der Waals surface area contributed by atoms with E-state index < -0.39 is 34.8 Å². The van der Waals surface area contributed by atoms with Crippen molar-refractivity contribution in [3.8, 4) is 0 Å². The SMILES string of the molecule is CC(C)CC1(C(N)=O)CCC(=O)C1Cc1cc(F)cc(C(F)(F)F)c1. The summed E-state index contributed by atoms with van der Waals surface area (Å²) in [7, 11) is 0. The Kier molecular flexibility index (Phi) is 5.25. The number of primary amides is 1. The maximum atomic E-state index is 13.6. The lowest BCUT2D eigenvalue weighted by Crippen LogP contribution is -2.43. The van der Waals surface area contributed by atoms with Crippen LogP contribution in [0.15, 0.2) is 18.2 Å². The number of carbonyl (C=O) groups excluding carboxylic acids is 2. The molecule has 2 atom stereocenters. The van der Waals surface area contributed by atoms with Gasteiger partial charge >= 0.3 is 6.18 Å². The fourth-order valence-corrected chi connectivity index (χ4v) is 3.85. The van der Waals surface area contributed by atoms with Crippen molar-refractivity contribution in [3.63, 3.8) is 0 Å². The van der Waals surface area contributed by atoms with E-state index in [0.29, 0.717) is 12.5 Å². The summed E-state index contributed by atoms with van der Waals surface area (Å²) in [6.45, 7) is 3.77. The van der Waals surface area contributed by atoms with Crippen molar-refractivity contribution in [2.45, 2.75) is 45.7 Å². The van der Waals surface area contributed by atoms with Crippen LogP contribution in [-0.2, 0) is 22.2 Å². The molecule has 0 bridgehead atoms. The third kappa shape index (κ3) is 4.02. The maximum absolute atomic E-state index is 13.6. The summed E-state index contributed by atoms with van der Waals surface area (Å²) in [5, 5.41) is 0. The van der Waals surface area contributed by atoms with E-state index in [-0.39, 0.29) is 36.5 Å². The van der Waals surface area contributed by atoms with Crippen LogP contribution >= 0.6 is 0 Å². The second-order valence-corrected chi connectivity index (χ2v) is 7.19. The molecular weight excluding hydrogens is 338 g/mol. The highest BCUT2D eigenvalue weighted by atomic mass is 19.4. The molecule has 1 aromatic carbocycles. The van der Waals surface area contributed by atoms with Gasteiger partial charge in [0.1, 0.15) is 11.6 Å². The van der Waals surface area contributed by atoms with E-state index >= 15 is 0 Å². The van der Waals surface area contributed by atoms with Crippen molar-refractivity contribution in [1.29, 1.82) is 0 Å². The van der Waals surface area contributed by atoms with Crippen LogP contribution in [0.2, 0.25) is 0 Å². The molecule has 2 N–H and O–H groups in total. The summed E-state index contributed by atoms with van der Waals surface area (Å²) in [5.74, 6) is -2.60. The van der Waals surface area contributed by atoms with Crippen LogP contribution in [0.1, 0.15) is 44.2 Å². The van der Waals surface area contributed by atoms with Gasteiger partial charge in [-0.25, -0.2) is 4.39 Å². The van der Waals surface area contributed by atoms with Gasteiger partial charge in [0.2, 0.25) is 5.91 Å². The molecule has 3 nitrogen and oxygen atoms in total. The highest BCUT2D eigenvalue weighted by Gasteiger charge is 2.52. The molecule has 1 saturated carbocycles. The van der Waals surface area contributed by atoms with Gasteiger partial charge in [-0.15, -0.1) is 0 Å². The number of hydrogen-bond acceptors (Lipinski definition) is 2. The molecule has 1 aliphatic rings. The molecule has 7 heteroatoms. The molecule has 2 unspecified atom stereocenters. The molecule has 1 fully saturated rings. The van der Waals surface area contributed by atoms with Gasteiger partial charge in [0.05, 0.1) is 11.0 Å². The van der Waals surface area contributed by atoms with Crippen LogP contribution in [0.3, 0.4) is 0 Å². The molecule has 2 rings (SSSR count). The lowest BCUT2D eigenvalue weighted by Gasteiger charge is -2.33. The average molecular weight is 359 g/mol. The van der Waals surface area contributed by atoms with Crippen LogP contribution in [0.5, 0.6) is 0 Å². The highest BCUT2D eigenvalue weighted by molar-refractivity contribution is 5.94. The van der Waals surface area contributed by atoms with Gasteiger partial charge in [-0.05, 0) is 48.9 Å². The molecule has 0 spiro atoms. The van der Waals surface area contributed by atoms with Gasteiger partial charge in [-0.1, -0.05) is 13.8 Å². The first-order valence-corrected chi connectivity index (χ1v) is 8.15. The van der Waals surface area contributed by atoms with E-state index in [2.05, 4.69) is 0 Å². The molecule has 0 saturated heterocycles. The average Bonchev–Trinajstić information content (AvgIpc) is 2.75. The Morgan fingerprint density at radius 3 is 2.48 bits per heavy atom. The fourth-order valence-electron chi connectivity index (χ4n) is 3.85. The second-order valence-electron chi connectivity index (χ2n) is 7.19. The van der Waals surface area contributed by atoms with E-state index in [9.17, 15) is 27.2 Å². The van der Waals surface area contributed by atoms with Gasteiger partial charge in [0, 0.05) is 12.3 Å². The Hall–Kier alpha value is -1.92. The van der Waals surface area contributed by atoms with E-state index in [1.807, 2.05) is 13.8 Å². The molecule has 1 aliphatic carbocycles. The minimum Gasteiger partial charge on any atom is -0.369 e. The molecule has 1 amide bonds. The molecule has 138 valence electrons. The standard InChI is InChI=1S/C18H21F4NO2/c1-10(2)9-17(16(23)25)4-3-15(24)14(17)7-11-5-12(18(20,21)22)8-13(19)6-11/h5-6,8,10,14H,3-4,7,9H2,1-2H3,(H2,23,25). The molecule has 0 aliphatic heterocycles. The number of alkyl halides is 3. The number of amides is 1. The van der Waals surface area contributed by atoms with Gasteiger partial charge < -0.3 is 5.73 Å². The summed E-state index contributed by atoms with van der Waals surface area (Å²) in [6, 6.07) is 2.22.